The molecule has 1 aliphatic rings. The normalized spacial score (nSPS) is 19.0. The van der Waals surface area contributed by atoms with Crippen LogP contribution in [0.4, 0.5) is 5.69 Å². The molecule has 0 aromatic heterocycles. The van der Waals surface area contributed by atoms with Crippen molar-refractivity contribution in [1.82, 2.24) is 5.32 Å². The number of nitro benzene ring substituents is 1. The third kappa shape index (κ3) is 4.42. The van der Waals surface area contributed by atoms with E-state index in [1.807, 2.05) is 0 Å². The van der Waals surface area contributed by atoms with Gasteiger partial charge in [0, 0.05) is 25.3 Å². The van der Waals surface area contributed by atoms with Gasteiger partial charge in [-0.25, -0.2) is 0 Å². The molecule has 0 aliphatic carbocycles. The molecule has 1 aliphatic heterocycles. The first-order valence-electron chi connectivity index (χ1n) is 6.86. The van der Waals surface area contributed by atoms with Gasteiger partial charge in [0.15, 0.2) is 6.10 Å². The molecule has 1 fully saturated rings. The number of benzene rings is 1. The quantitative estimate of drug-likeness (QED) is 0.636. The highest BCUT2D eigenvalue weighted by molar-refractivity contribution is 5.80. The van der Waals surface area contributed by atoms with E-state index in [2.05, 4.69) is 5.32 Å². The van der Waals surface area contributed by atoms with Crippen molar-refractivity contribution in [3.8, 4) is 5.75 Å². The molecule has 7 heteroatoms. The lowest BCUT2D eigenvalue weighted by Crippen LogP contribution is -2.40. The van der Waals surface area contributed by atoms with Gasteiger partial charge in [-0.2, -0.15) is 0 Å². The first kappa shape index (κ1) is 15.2. The summed E-state index contributed by atoms with van der Waals surface area (Å²) in [6, 6.07) is 5.63. The highest BCUT2D eigenvalue weighted by Crippen LogP contribution is 2.18. The van der Waals surface area contributed by atoms with Crippen LogP contribution in [0.3, 0.4) is 0 Å². The second kappa shape index (κ2) is 7.03. The van der Waals surface area contributed by atoms with Gasteiger partial charge in [-0.1, -0.05) is 0 Å². The number of nitrogens with zero attached hydrogens (tertiary/aromatic N) is 1. The average molecular weight is 294 g/mol. The van der Waals surface area contributed by atoms with Crippen molar-refractivity contribution in [2.24, 2.45) is 0 Å². The summed E-state index contributed by atoms with van der Waals surface area (Å²) in [5, 5.41) is 13.3. The van der Waals surface area contributed by atoms with Crippen molar-refractivity contribution in [3.05, 3.63) is 34.4 Å². The number of carbonyl (C=O) groups is 1. The standard InChI is InChI=1S/C14H18N2O5/c1-10(14(17)15-9-13-3-2-8-20-13)21-12-6-4-11(5-7-12)16(18)19/h4-7,10,13H,2-3,8-9H2,1H3,(H,15,17)/t10-,13+/m1/s1. The molecule has 1 aromatic rings. The van der Waals surface area contributed by atoms with E-state index >= 15 is 0 Å². The Morgan fingerprint density at radius 3 is 2.81 bits per heavy atom. The summed E-state index contributed by atoms with van der Waals surface area (Å²) >= 11 is 0. The zero-order valence-electron chi connectivity index (χ0n) is 11.8. The summed E-state index contributed by atoms with van der Waals surface area (Å²) < 4.78 is 10.9. The minimum absolute atomic E-state index is 0.0159. The number of amides is 1. The summed E-state index contributed by atoms with van der Waals surface area (Å²) in [5.74, 6) is 0.184. The molecule has 1 heterocycles. The maximum atomic E-state index is 11.9. The molecule has 114 valence electrons. The van der Waals surface area contributed by atoms with Crippen LogP contribution in [-0.2, 0) is 9.53 Å². The first-order valence-corrected chi connectivity index (χ1v) is 6.86. The molecule has 1 saturated heterocycles. The van der Waals surface area contributed by atoms with Crippen LogP contribution in [0.2, 0.25) is 0 Å². The Morgan fingerprint density at radius 2 is 2.24 bits per heavy atom. The fourth-order valence-corrected chi connectivity index (χ4v) is 2.07. The van der Waals surface area contributed by atoms with Gasteiger partial charge in [-0.05, 0) is 31.9 Å². The van der Waals surface area contributed by atoms with Gasteiger partial charge in [-0.3, -0.25) is 14.9 Å². The Morgan fingerprint density at radius 1 is 1.52 bits per heavy atom. The number of rotatable bonds is 6. The molecule has 2 rings (SSSR count). The van der Waals surface area contributed by atoms with Gasteiger partial charge in [0.05, 0.1) is 11.0 Å². The monoisotopic (exact) mass is 294 g/mol. The van der Waals surface area contributed by atoms with E-state index in [-0.39, 0.29) is 17.7 Å². The number of nitrogens with one attached hydrogen (secondary N) is 1. The van der Waals surface area contributed by atoms with Crippen molar-refractivity contribution in [1.29, 1.82) is 0 Å². The minimum Gasteiger partial charge on any atom is -0.481 e. The topological polar surface area (TPSA) is 90.7 Å². The van der Waals surface area contributed by atoms with Gasteiger partial charge in [0.25, 0.3) is 11.6 Å². The molecule has 0 saturated carbocycles. The molecule has 1 N–H and O–H groups in total. The SMILES string of the molecule is C[C@@H](Oc1ccc([N+](=O)[O-])cc1)C(=O)NC[C@@H]1CCCO1. The van der Waals surface area contributed by atoms with Crippen LogP contribution in [0.25, 0.3) is 0 Å². The number of carbonyl (C=O) groups excluding carboxylic acids is 1. The van der Waals surface area contributed by atoms with Gasteiger partial charge >= 0.3 is 0 Å². The lowest BCUT2D eigenvalue weighted by Gasteiger charge is -2.16. The van der Waals surface area contributed by atoms with Crippen LogP contribution >= 0.6 is 0 Å². The average Bonchev–Trinajstić information content (AvgIpc) is 2.98. The van der Waals surface area contributed by atoms with Crippen LogP contribution < -0.4 is 10.1 Å². The largest absolute Gasteiger partial charge is 0.481 e. The number of non-ortho nitro benzene ring substituents is 1. The van der Waals surface area contributed by atoms with E-state index in [1.54, 1.807) is 6.92 Å². The van der Waals surface area contributed by atoms with Crippen molar-refractivity contribution in [2.45, 2.75) is 32.0 Å². The second-order valence-corrected chi connectivity index (χ2v) is 4.89. The molecule has 0 bridgehead atoms. The Bertz CT molecular complexity index is 497. The van der Waals surface area contributed by atoms with E-state index in [4.69, 9.17) is 9.47 Å². The third-order valence-corrected chi connectivity index (χ3v) is 3.26. The smallest absolute Gasteiger partial charge is 0.269 e. The summed E-state index contributed by atoms with van der Waals surface area (Å²) in [4.78, 5) is 21.9. The molecule has 21 heavy (non-hydrogen) atoms. The zero-order chi connectivity index (χ0) is 15.2. The fraction of sp³-hybridized carbons (Fsp3) is 0.500. The number of nitro groups is 1. The molecule has 1 aromatic carbocycles. The van der Waals surface area contributed by atoms with Crippen LogP contribution in [0.1, 0.15) is 19.8 Å². The molecule has 0 spiro atoms. The Balaban J connectivity index is 1.80. The molecule has 0 unspecified atom stereocenters. The van der Waals surface area contributed by atoms with Gasteiger partial charge in [0.1, 0.15) is 5.75 Å². The van der Waals surface area contributed by atoms with Gasteiger partial charge in [0.2, 0.25) is 0 Å². The van der Waals surface area contributed by atoms with Gasteiger partial charge in [-0.15, -0.1) is 0 Å². The van der Waals surface area contributed by atoms with E-state index in [9.17, 15) is 14.9 Å². The molecule has 2 atom stereocenters. The minimum atomic E-state index is -0.673. The fourth-order valence-electron chi connectivity index (χ4n) is 2.07. The molecule has 7 nitrogen and oxygen atoms in total. The van der Waals surface area contributed by atoms with Crippen LogP contribution in [0.15, 0.2) is 24.3 Å². The van der Waals surface area contributed by atoms with E-state index in [0.29, 0.717) is 12.3 Å². The summed E-state index contributed by atoms with van der Waals surface area (Å²) in [7, 11) is 0. The van der Waals surface area contributed by atoms with E-state index < -0.39 is 11.0 Å². The van der Waals surface area contributed by atoms with Gasteiger partial charge < -0.3 is 14.8 Å². The highest BCUT2D eigenvalue weighted by atomic mass is 16.6. The molecule has 1 amide bonds. The predicted molar refractivity (Wildman–Crippen MR) is 75.2 cm³/mol. The van der Waals surface area contributed by atoms with Crippen LogP contribution in [0.5, 0.6) is 5.75 Å². The zero-order valence-corrected chi connectivity index (χ0v) is 11.8. The van der Waals surface area contributed by atoms with Crippen LogP contribution in [-0.4, -0.2) is 36.2 Å². The molecular formula is C14H18N2O5. The second-order valence-electron chi connectivity index (χ2n) is 4.89. The Kier molecular flexibility index (Phi) is 5.10. The lowest BCUT2D eigenvalue weighted by atomic mass is 10.2. The predicted octanol–water partition coefficient (Wildman–Crippen LogP) is 1.66. The Labute approximate surface area is 122 Å². The summed E-state index contributed by atoms with van der Waals surface area (Å²) in [6.07, 6.45) is 1.39. The Hall–Kier alpha value is -2.15. The van der Waals surface area contributed by atoms with E-state index in [1.165, 1.54) is 24.3 Å². The maximum absolute atomic E-state index is 11.9. The number of hydrogen-bond acceptors (Lipinski definition) is 5. The summed E-state index contributed by atoms with van der Waals surface area (Å²) in [6.45, 7) is 2.86. The van der Waals surface area contributed by atoms with Crippen molar-refractivity contribution >= 4 is 11.6 Å². The third-order valence-electron chi connectivity index (χ3n) is 3.26. The lowest BCUT2D eigenvalue weighted by molar-refractivity contribution is -0.384. The molecular weight excluding hydrogens is 276 g/mol. The first-order chi connectivity index (χ1) is 10.1. The van der Waals surface area contributed by atoms with E-state index in [0.717, 1.165) is 19.4 Å². The van der Waals surface area contributed by atoms with Crippen LogP contribution in [0, 0.1) is 10.1 Å². The maximum Gasteiger partial charge on any atom is 0.269 e. The molecule has 0 radical (unpaired) electrons. The number of ether oxygens (including phenoxy) is 2. The number of hydrogen-bond donors (Lipinski definition) is 1. The van der Waals surface area contributed by atoms with Crippen molar-refractivity contribution < 1.29 is 19.2 Å². The highest BCUT2D eigenvalue weighted by Gasteiger charge is 2.19. The van der Waals surface area contributed by atoms with Crippen molar-refractivity contribution in [2.75, 3.05) is 13.2 Å². The summed E-state index contributed by atoms with van der Waals surface area (Å²) in [5.41, 5.74) is -0.0159. The van der Waals surface area contributed by atoms with Crippen molar-refractivity contribution in [3.63, 3.8) is 0 Å².